The van der Waals surface area contributed by atoms with E-state index >= 15 is 0 Å². The predicted octanol–water partition coefficient (Wildman–Crippen LogP) is -0.778. The van der Waals surface area contributed by atoms with Gasteiger partial charge in [-0.1, -0.05) is 8.67 Å². The average molecular weight is 279 g/mol. The molecule has 0 aliphatic carbocycles. The van der Waals surface area contributed by atoms with Gasteiger partial charge >= 0.3 is 11.8 Å². The minimum absolute atomic E-state index is 0. The van der Waals surface area contributed by atoms with Gasteiger partial charge in [-0.3, -0.25) is 4.55 Å². The van der Waals surface area contributed by atoms with Crippen molar-refractivity contribution in [2.24, 2.45) is 0 Å². The first-order valence-electron chi connectivity index (χ1n) is 1.52. The van der Waals surface area contributed by atoms with Crippen LogP contribution in [-0.4, -0.2) is 25.9 Å². The van der Waals surface area contributed by atoms with Crippen LogP contribution in [0.4, 0.5) is 0 Å². The monoisotopic (exact) mass is 279 g/mol. The molecule has 0 spiro atoms. The highest BCUT2D eigenvalue weighted by Crippen LogP contribution is 1.92. The summed E-state index contributed by atoms with van der Waals surface area (Å²) in [4.78, 5) is 0. The molecule has 0 atom stereocenters. The average Bonchev–Trinajstić information content (AvgIpc) is 1.57. The van der Waals surface area contributed by atoms with Gasteiger partial charge in [-0.25, -0.2) is 8.42 Å². The zero-order valence-electron chi connectivity index (χ0n) is 8.24. The Morgan fingerprint density at radius 1 is 1.07 bits per heavy atom. The van der Waals surface area contributed by atoms with Gasteiger partial charge in [0.25, 0.3) is 0 Å². The lowest BCUT2D eigenvalue weighted by Gasteiger charge is -2.01. The van der Waals surface area contributed by atoms with E-state index in [-0.39, 0.29) is 33.4 Å². The van der Waals surface area contributed by atoms with Gasteiger partial charge in [0.2, 0.25) is 10.4 Å². The van der Waals surface area contributed by atoms with Crippen LogP contribution in [0.2, 0.25) is 0 Å². The SMILES string of the molecule is N.O=S(=O)([O-])OOS(=O)(=O)O.[H+].[NH4+].[NH4+].[S-2]. The van der Waals surface area contributed by atoms with Gasteiger partial charge in [0, 0.05) is 0 Å². The van der Waals surface area contributed by atoms with Crippen LogP contribution in [0.3, 0.4) is 0 Å². The topological polar surface area (TPSA) is 238 Å². The summed E-state index contributed by atoms with van der Waals surface area (Å²) in [6, 6.07) is 0. The molecule has 0 radical (unpaired) electrons. The number of rotatable bonds is 3. The Labute approximate surface area is 89.3 Å². The summed E-state index contributed by atoms with van der Waals surface area (Å²) < 4.78 is 60.2. The van der Waals surface area contributed by atoms with Gasteiger partial charge < -0.3 is 36.5 Å². The first-order valence-corrected chi connectivity index (χ1v) is 4.21. The van der Waals surface area contributed by atoms with E-state index in [4.69, 9.17) is 4.55 Å². The molecule has 14 heteroatoms. The van der Waals surface area contributed by atoms with Crippen molar-refractivity contribution in [2.45, 2.75) is 0 Å². The van der Waals surface area contributed by atoms with E-state index in [1.54, 1.807) is 0 Å². The Balaban J connectivity index is -0.0000000405. The summed E-state index contributed by atoms with van der Waals surface area (Å²) >= 11 is 0. The minimum atomic E-state index is -5.27. The Morgan fingerprint density at radius 2 is 1.36 bits per heavy atom. The molecule has 0 bridgehead atoms. The van der Waals surface area contributed by atoms with E-state index in [0.29, 0.717) is 0 Å². The summed E-state index contributed by atoms with van der Waals surface area (Å²) in [5.41, 5.74) is 0. The lowest BCUT2D eigenvalue weighted by molar-refractivity contribution is -0.106. The maximum absolute atomic E-state index is 9.48. The molecule has 0 saturated carbocycles. The maximum atomic E-state index is 9.48. The molecular weight excluding hydrogens is 266 g/mol. The minimum Gasteiger partial charge on any atom is -2.00 e. The van der Waals surface area contributed by atoms with Crippen LogP contribution < -0.4 is 18.5 Å². The van der Waals surface area contributed by atoms with Gasteiger partial charge in [-0.2, -0.15) is 8.42 Å². The highest BCUT2D eigenvalue weighted by molar-refractivity contribution is 7.83. The van der Waals surface area contributed by atoms with Gasteiger partial charge in [0.05, 0.1) is 0 Å². The highest BCUT2D eigenvalue weighted by atomic mass is 32.3. The molecule has 0 fully saturated rings. The van der Waals surface area contributed by atoms with Crippen LogP contribution in [0.1, 0.15) is 1.43 Å². The van der Waals surface area contributed by atoms with Crippen molar-refractivity contribution >= 4 is 34.3 Å². The molecule has 0 saturated heterocycles. The first kappa shape index (κ1) is 29.2. The molecule has 0 rings (SSSR count). The first-order chi connectivity index (χ1) is 4.21. The van der Waals surface area contributed by atoms with Crippen LogP contribution in [0.5, 0.6) is 0 Å². The number of quaternary nitrogens is 2. The van der Waals surface area contributed by atoms with Crippen molar-refractivity contribution < 1.29 is 36.0 Å². The van der Waals surface area contributed by atoms with Crippen molar-refractivity contribution in [3.05, 3.63) is 0 Å². The van der Waals surface area contributed by atoms with Crippen molar-refractivity contribution in [2.75, 3.05) is 0 Å². The van der Waals surface area contributed by atoms with Crippen LogP contribution in [0, 0.1) is 0 Å². The second kappa shape index (κ2) is 9.52. The standard InChI is InChI=1S/3H3N.H2O8S2.S/c;;;1-9(2,3)7-8-10(4,5)6;/h3*1H3;(H,1,2,3)(H,4,5,6);/q;;;;-2/p+2. The zero-order valence-corrected chi connectivity index (χ0v) is 9.69. The Bertz CT molecular complexity index is 261. The number of hydrogen-bond donors (Lipinski definition) is 4. The van der Waals surface area contributed by atoms with E-state index in [1.807, 2.05) is 0 Å². The smallest absolute Gasteiger partial charge is 1.00 e. The molecule has 0 unspecified atom stereocenters. The highest BCUT2D eigenvalue weighted by Gasteiger charge is 2.07. The third-order valence-electron chi connectivity index (χ3n) is 0.197. The van der Waals surface area contributed by atoms with Crippen LogP contribution in [-0.2, 0) is 43.0 Å². The molecule has 0 aromatic heterocycles. The Morgan fingerprint density at radius 3 is 1.43 bits per heavy atom. The maximum Gasteiger partial charge on any atom is 1.00 e. The molecule has 0 aliphatic heterocycles. The molecule has 0 aromatic rings. The molecule has 94 valence electrons. The van der Waals surface area contributed by atoms with Crippen molar-refractivity contribution in [1.82, 2.24) is 18.5 Å². The third-order valence-corrected chi connectivity index (χ3v) is 0.758. The fourth-order valence-corrected chi connectivity index (χ4v) is 0.622. The summed E-state index contributed by atoms with van der Waals surface area (Å²) in [7, 11) is -10.3. The van der Waals surface area contributed by atoms with E-state index < -0.39 is 20.8 Å². The molecule has 14 heavy (non-hydrogen) atoms. The van der Waals surface area contributed by atoms with E-state index in [9.17, 15) is 21.4 Å². The van der Waals surface area contributed by atoms with Gasteiger partial charge in [-0.15, -0.1) is 0 Å². The number of hydrogen-bond acceptors (Lipinski definition) is 8. The lowest BCUT2D eigenvalue weighted by Crippen LogP contribution is -2.10. The summed E-state index contributed by atoms with van der Waals surface area (Å²) in [5.74, 6) is 0. The Kier molecular flexibility index (Phi) is 19.9. The van der Waals surface area contributed by atoms with Crippen molar-refractivity contribution in [3.8, 4) is 0 Å². The lowest BCUT2D eigenvalue weighted by atomic mass is 14.0. The van der Waals surface area contributed by atoms with Crippen LogP contribution in [0.25, 0.3) is 0 Å². The predicted molar refractivity (Wildman–Crippen MR) is 48.9 cm³/mol. The molecule has 0 aromatic carbocycles. The quantitative estimate of drug-likeness (QED) is 0.219. The molecule has 12 N–H and O–H groups in total. The van der Waals surface area contributed by atoms with E-state index in [1.165, 1.54) is 0 Å². The molecule has 0 amide bonds. The second-order valence-corrected chi connectivity index (χ2v) is 2.92. The zero-order chi connectivity index (χ0) is 8.41. The summed E-state index contributed by atoms with van der Waals surface area (Å²) in [6.07, 6.45) is 0. The fourth-order valence-electron chi connectivity index (χ4n) is 0.0691. The molecule has 0 heterocycles. The van der Waals surface area contributed by atoms with E-state index in [0.717, 1.165) is 0 Å². The second-order valence-electron chi connectivity index (χ2n) is 0.972. The van der Waals surface area contributed by atoms with Gasteiger partial charge in [0.15, 0.2) is 0 Å². The van der Waals surface area contributed by atoms with Gasteiger partial charge in [-0.05, 0) is 0 Å². The fraction of sp³-hybridized carbons (Fsp3) is 0. The molecule has 11 nitrogen and oxygen atoms in total. The third kappa shape index (κ3) is 29.7. The normalized spacial score (nSPS) is 9.57. The summed E-state index contributed by atoms with van der Waals surface area (Å²) in [6.45, 7) is 0. The molecular formula is H13N3O8S3. The molecule has 0 aliphatic rings. The van der Waals surface area contributed by atoms with Crippen molar-refractivity contribution in [3.63, 3.8) is 0 Å². The van der Waals surface area contributed by atoms with Gasteiger partial charge in [0.1, 0.15) is 0 Å². The van der Waals surface area contributed by atoms with Crippen molar-refractivity contribution in [1.29, 1.82) is 0 Å². The summed E-state index contributed by atoms with van der Waals surface area (Å²) in [5, 5.41) is 0. The van der Waals surface area contributed by atoms with E-state index in [2.05, 4.69) is 8.67 Å². The Hall–Kier alpha value is -0.0300. The van der Waals surface area contributed by atoms with Crippen LogP contribution in [0.15, 0.2) is 0 Å². The largest absolute Gasteiger partial charge is 2.00 e. The van der Waals surface area contributed by atoms with Crippen LogP contribution >= 0.6 is 0 Å².